The first-order valence-corrected chi connectivity index (χ1v) is 11.4. The van der Waals surface area contributed by atoms with E-state index in [0.717, 1.165) is 19.3 Å². The van der Waals surface area contributed by atoms with Crippen molar-refractivity contribution in [1.82, 2.24) is 9.21 Å². The van der Waals surface area contributed by atoms with Crippen LogP contribution >= 0.6 is 0 Å². The molecule has 1 saturated heterocycles. The summed E-state index contributed by atoms with van der Waals surface area (Å²) in [5.74, 6) is -0.975. The van der Waals surface area contributed by atoms with Crippen molar-refractivity contribution in [2.24, 2.45) is 0 Å². The predicted octanol–water partition coefficient (Wildman–Crippen LogP) is 3.21. The van der Waals surface area contributed by atoms with Crippen molar-refractivity contribution in [2.45, 2.75) is 59.0 Å². The summed E-state index contributed by atoms with van der Waals surface area (Å²) in [5.41, 5.74) is 0.450. The molecule has 1 aliphatic carbocycles. The van der Waals surface area contributed by atoms with E-state index in [1.165, 1.54) is 10.4 Å². The Morgan fingerprint density at radius 1 is 0.964 bits per heavy atom. The topological polar surface area (TPSA) is 74.8 Å². The Balaban J connectivity index is 2.28. The molecule has 0 bridgehead atoms. The van der Waals surface area contributed by atoms with Gasteiger partial charge in [0.15, 0.2) is 4.91 Å². The molecule has 0 radical (unpaired) electrons. The van der Waals surface area contributed by atoms with Crippen LogP contribution in [0, 0.1) is 0 Å². The average Bonchev–Trinajstić information content (AvgIpc) is 2.66. The molecule has 0 aromatic heterocycles. The zero-order valence-corrected chi connectivity index (χ0v) is 17.8. The van der Waals surface area contributed by atoms with Crippen LogP contribution in [0.15, 0.2) is 34.9 Å². The molecule has 2 atom stereocenters. The van der Waals surface area contributed by atoms with Gasteiger partial charge < -0.3 is 4.90 Å². The van der Waals surface area contributed by atoms with E-state index in [1.807, 2.05) is 27.7 Å². The largest absolute Gasteiger partial charge is 0.368 e. The predicted molar refractivity (Wildman–Crippen MR) is 109 cm³/mol. The lowest BCUT2D eigenvalue weighted by atomic mass is 9.92. The van der Waals surface area contributed by atoms with E-state index in [9.17, 15) is 18.0 Å². The second-order valence-electron chi connectivity index (χ2n) is 7.52. The summed E-state index contributed by atoms with van der Waals surface area (Å²) in [6, 6.07) is 6.06. The first-order chi connectivity index (χ1) is 13.3. The number of carbonyl (C=O) groups excluding carboxylic acids is 2. The van der Waals surface area contributed by atoms with E-state index in [4.69, 9.17) is 0 Å². The molecule has 1 heterocycles. The molecule has 1 aliphatic heterocycles. The van der Waals surface area contributed by atoms with Gasteiger partial charge in [-0.15, -0.1) is 0 Å². The van der Waals surface area contributed by atoms with Crippen LogP contribution in [0.3, 0.4) is 0 Å². The number of ketones is 2. The van der Waals surface area contributed by atoms with E-state index >= 15 is 0 Å². The number of benzene rings is 1. The highest BCUT2D eigenvalue weighted by molar-refractivity contribution is 7.94. The minimum Gasteiger partial charge on any atom is -0.368 e. The van der Waals surface area contributed by atoms with Gasteiger partial charge in [0.1, 0.15) is 5.70 Å². The fraction of sp³-hybridized carbons (Fsp3) is 0.524. The van der Waals surface area contributed by atoms with E-state index in [2.05, 4.69) is 0 Å². The van der Waals surface area contributed by atoms with Crippen LogP contribution in [-0.2, 0) is 10.0 Å². The first-order valence-electron chi connectivity index (χ1n) is 9.96. The molecule has 152 valence electrons. The number of allylic oxidation sites excluding steroid dienone is 2. The van der Waals surface area contributed by atoms with Crippen molar-refractivity contribution in [3.05, 3.63) is 46.0 Å². The number of fused-ring (bicyclic) bond motifs is 1. The summed E-state index contributed by atoms with van der Waals surface area (Å²) in [6.07, 6.45) is 2.44. The normalized spacial score (nSPS) is 23.7. The third kappa shape index (κ3) is 3.20. The second kappa shape index (κ2) is 7.79. The van der Waals surface area contributed by atoms with Crippen LogP contribution in [0.4, 0.5) is 0 Å². The van der Waals surface area contributed by atoms with Crippen molar-refractivity contribution in [2.75, 3.05) is 13.1 Å². The maximum atomic E-state index is 13.7. The summed E-state index contributed by atoms with van der Waals surface area (Å²) in [5, 5.41) is 0. The van der Waals surface area contributed by atoms with Gasteiger partial charge in [-0.25, -0.2) is 8.42 Å². The van der Waals surface area contributed by atoms with Gasteiger partial charge in [0.05, 0.1) is 0 Å². The molecule has 3 rings (SSSR count). The lowest BCUT2D eigenvalue weighted by molar-refractivity contribution is 0.0947. The number of likely N-dealkylation sites (N-methyl/N-ethyl adjacent to an activating group) is 1. The van der Waals surface area contributed by atoms with Crippen molar-refractivity contribution >= 4 is 21.6 Å². The van der Waals surface area contributed by atoms with Gasteiger partial charge in [0, 0.05) is 36.3 Å². The van der Waals surface area contributed by atoms with Crippen LogP contribution in [0.5, 0.6) is 0 Å². The van der Waals surface area contributed by atoms with Crippen LogP contribution in [0.1, 0.15) is 67.7 Å². The molecule has 0 N–H and O–H groups in total. The van der Waals surface area contributed by atoms with Gasteiger partial charge in [-0.2, -0.15) is 4.31 Å². The van der Waals surface area contributed by atoms with Gasteiger partial charge in [-0.3, -0.25) is 9.59 Å². The Bertz CT molecular complexity index is 921. The number of piperidine rings is 1. The van der Waals surface area contributed by atoms with E-state index in [1.54, 1.807) is 23.1 Å². The fourth-order valence-corrected chi connectivity index (χ4v) is 6.56. The summed E-state index contributed by atoms with van der Waals surface area (Å²) < 4.78 is 28.9. The van der Waals surface area contributed by atoms with Crippen LogP contribution < -0.4 is 0 Å². The highest BCUT2D eigenvalue weighted by Crippen LogP contribution is 2.36. The van der Waals surface area contributed by atoms with Crippen molar-refractivity contribution in [1.29, 1.82) is 0 Å². The highest BCUT2D eigenvalue weighted by atomic mass is 32.2. The molecule has 28 heavy (non-hydrogen) atoms. The van der Waals surface area contributed by atoms with Gasteiger partial charge >= 0.3 is 0 Å². The summed E-state index contributed by atoms with van der Waals surface area (Å²) in [6.45, 7) is 8.33. The maximum Gasteiger partial charge on any atom is 0.249 e. The van der Waals surface area contributed by atoms with E-state index in [-0.39, 0.29) is 33.8 Å². The van der Waals surface area contributed by atoms with Crippen molar-refractivity contribution in [3.63, 3.8) is 0 Å². The van der Waals surface area contributed by atoms with Crippen LogP contribution in [0.25, 0.3) is 0 Å². The number of hydrogen-bond acceptors (Lipinski definition) is 5. The highest BCUT2D eigenvalue weighted by Gasteiger charge is 2.46. The quantitative estimate of drug-likeness (QED) is 0.753. The molecule has 0 amide bonds. The van der Waals surface area contributed by atoms with Crippen molar-refractivity contribution < 1.29 is 18.0 Å². The lowest BCUT2D eigenvalue weighted by Gasteiger charge is -2.39. The van der Waals surface area contributed by atoms with Gasteiger partial charge in [0.25, 0.3) is 0 Å². The zero-order chi connectivity index (χ0) is 20.6. The molecule has 7 heteroatoms. The number of Topliss-reactive ketones (excluding diaryl/α,β-unsaturated/α-hetero) is 2. The maximum absolute atomic E-state index is 13.7. The molecule has 1 aromatic carbocycles. The molecule has 2 unspecified atom stereocenters. The zero-order valence-electron chi connectivity index (χ0n) is 16.9. The number of sulfonamides is 1. The van der Waals surface area contributed by atoms with Gasteiger partial charge in [-0.05, 0) is 40.5 Å². The monoisotopic (exact) mass is 404 g/mol. The Labute approximate surface area is 167 Å². The molecule has 0 spiro atoms. The third-order valence-corrected chi connectivity index (χ3v) is 7.95. The molecule has 1 aromatic rings. The lowest BCUT2D eigenvalue weighted by Crippen LogP contribution is -2.50. The molecule has 2 aliphatic rings. The van der Waals surface area contributed by atoms with Crippen molar-refractivity contribution in [3.8, 4) is 0 Å². The third-order valence-electron chi connectivity index (χ3n) is 5.78. The molecule has 6 nitrogen and oxygen atoms in total. The molecule has 0 saturated carbocycles. The summed E-state index contributed by atoms with van der Waals surface area (Å²) >= 11 is 0. The Morgan fingerprint density at radius 2 is 1.46 bits per heavy atom. The fourth-order valence-electron chi connectivity index (χ4n) is 4.38. The van der Waals surface area contributed by atoms with Gasteiger partial charge in [-0.1, -0.05) is 30.7 Å². The van der Waals surface area contributed by atoms with Crippen LogP contribution in [-0.4, -0.2) is 54.4 Å². The molecular weight excluding hydrogens is 376 g/mol. The van der Waals surface area contributed by atoms with Crippen LogP contribution in [0.2, 0.25) is 0 Å². The first kappa shape index (κ1) is 20.7. The van der Waals surface area contributed by atoms with Gasteiger partial charge in [0.2, 0.25) is 21.6 Å². The Kier molecular flexibility index (Phi) is 5.77. The molecule has 1 fully saturated rings. The number of rotatable bonds is 5. The minimum atomic E-state index is -4.12. The second-order valence-corrected chi connectivity index (χ2v) is 9.30. The summed E-state index contributed by atoms with van der Waals surface area (Å²) in [7, 11) is -4.12. The Hall–Kier alpha value is -1.99. The number of nitrogens with zero attached hydrogens (tertiary/aromatic N) is 2. The average molecular weight is 405 g/mol. The number of hydrogen-bond donors (Lipinski definition) is 0. The standard InChI is InChI=1S/C21H28N2O4S/c1-5-22(6-2)18-19(24)16-12-7-8-13-17(16)20(25)21(18)28(26,27)23-14(3)10-9-11-15(23)4/h7-8,12-15H,5-6,9-11H2,1-4H3. The Morgan fingerprint density at radius 3 is 1.96 bits per heavy atom. The van der Waals surface area contributed by atoms with E-state index in [0.29, 0.717) is 13.1 Å². The minimum absolute atomic E-state index is 0.0127. The number of carbonyl (C=O) groups is 2. The van der Waals surface area contributed by atoms with E-state index < -0.39 is 21.6 Å². The summed E-state index contributed by atoms with van der Waals surface area (Å²) in [4.78, 5) is 28.0. The molecular formula is C21H28N2O4S. The smallest absolute Gasteiger partial charge is 0.249 e. The SMILES string of the molecule is CCN(CC)C1=C(S(=O)(=O)N2C(C)CCCC2C)C(=O)c2ccccc2C1=O.